The molecule has 0 radical (unpaired) electrons. The van der Waals surface area contributed by atoms with E-state index in [1.54, 1.807) is 4.90 Å². The summed E-state index contributed by atoms with van der Waals surface area (Å²) < 4.78 is 5.47. The van der Waals surface area contributed by atoms with E-state index in [9.17, 15) is 9.59 Å². The van der Waals surface area contributed by atoms with Crippen LogP contribution in [0.15, 0.2) is 4.99 Å². The molecule has 2 aliphatic heterocycles. The number of guanidine groups is 1. The smallest absolute Gasteiger partial charge is 0.410 e. The van der Waals surface area contributed by atoms with E-state index in [4.69, 9.17) is 4.74 Å². The van der Waals surface area contributed by atoms with Gasteiger partial charge in [0.1, 0.15) is 5.60 Å². The average molecular weight is 380 g/mol. The number of fused-ring (bicyclic) bond motifs is 1. The highest BCUT2D eigenvalue weighted by Gasteiger charge is 2.36. The monoisotopic (exact) mass is 379 g/mol. The molecule has 1 unspecified atom stereocenters. The summed E-state index contributed by atoms with van der Waals surface area (Å²) >= 11 is 0. The number of nitrogens with one attached hydrogen (secondary N) is 2. The molecule has 1 aliphatic carbocycles. The van der Waals surface area contributed by atoms with Crippen molar-refractivity contribution in [3.05, 3.63) is 0 Å². The van der Waals surface area contributed by atoms with Crippen LogP contribution in [0.1, 0.15) is 52.9 Å². The Balaban J connectivity index is 1.42. The lowest BCUT2D eigenvalue weighted by Crippen LogP contribution is -2.58. The molecule has 1 saturated heterocycles. The molecule has 0 aromatic carbocycles. The molecule has 2 amide bonds. The standard InChI is InChI=1S/C19H33N5O3/c1-19(2,3)27-18(26)23-9-10-24-15(13-23)11-20-17(24)21-12-16(25)22-14-7-5-4-6-8-14/h14-15H,4-13H2,1-3H3,(H,20,21)(H,22,25). The summed E-state index contributed by atoms with van der Waals surface area (Å²) in [5, 5.41) is 6.30. The number of rotatable bonds is 3. The van der Waals surface area contributed by atoms with Crippen molar-refractivity contribution in [3.8, 4) is 0 Å². The molecule has 8 heteroatoms. The molecule has 152 valence electrons. The molecule has 1 atom stereocenters. The van der Waals surface area contributed by atoms with Gasteiger partial charge in [0, 0.05) is 25.7 Å². The number of piperazine rings is 1. The van der Waals surface area contributed by atoms with Crippen LogP contribution in [0.5, 0.6) is 0 Å². The van der Waals surface area contributed by atoms with Crippen LogP contribution in [0.25, 0.3) is 0 Å². The number of ether oxygens (including phenoxy) is 1. The second-order valence-electron chi connectivity index (χ2n) is 8.69. The summed E-state index contributed by atoms with van der Waals surface area (Å²) in [5.74, 6) is 0.795. The second kappa shape index (κ2) is 8.35. The highest BCUT2D eigenvalue weighted by molar-refractivity contribution is 5.88. The Hall–Kier alpha value is -1.99. The molecule has 0 aromatic rings. The number of aliphatic imine (C=N–C) groups is 1. The van der Waals surface area contributed by atoms with E-state index in [0.717, 1.165) is 18.8 Å². The summed E-state index contributed by atoms with van der Waals surface area (Å²) in [5.41, 5.74) is -0.487. The van der Waals surface area contributed by atoms with Gasteiger partial charge < -0.3 is 25.2 Å². The normalized spacial score (nSPS) is 23.5. The molecular formula is C19H33N5O3. The molecule has 0 spiro atoms. The van der Waals surface area contributed by atoms with Gasteiger partial charge in [-0.15, -0.1) is 0 Å². The minimum absolute atomic E-state index is 0.0282. The summed E-state index contributed by atoms with van der Waals surface area (Å²) in [6.07, 6.45) is 5.58. The fourth-order valence-corrected chi connectivity index (χ4v) is 3.91. The third-order valence-electron chi connectivity index (χ3n) is 5.24. The van der Waals surface area contributed by atoms with E-state index in [1.165, 1.54) is 19.3 Å². The van der Waals surface area contributed by atoms with Crippen LogP contribution in [0.2, 0.25) is 0 Å². The molecule has 1 saturated carbocycles. The maximum Gasteiger partial charge on any atom is 0.410 e. The number of hydrogen-bond acceptors (Lipinski definition) is 6. The first-order valence-electron chi connectivity index (χ1n) is 10.1. The number of hydrogen-bond donors (Lipinski definition) is 2. The van der Waals surface area contributed by atoms with Gasteiger partial charge in [0.2, 0.25) is 5.91 Å². The van der Waals surface area contributed by atoms with Crippen LogP contribution in [0, 0.1) is 0 Å². The zero-order valence-electron chi connectivity index (χ0n) is 16.8. The Labute approximate surface area is 161 Å². The maximum atomic E-state index is 12.3. The second-order valence-corrected chi connectivity index (χ2v) is 8.69. The Morgan fingerprint density at radius 3 is 2.63 bits per heavy atom. The van der Waals surface area contributed by atoms with Crippen molar-refractivity contribution in [2.75, 3.05) is 32.7 Å². The van der Waals surface area contributed by atoms with E-state index >= 15 is 0 Å². The van der Waals surface area contributed by atoms with Crippen molar-refractivity contribution in [3.63, 3.8) is 0 Å². The van der Waals surface area contributed by atoms with Crippen molar-refractivity contribution < 1.29 is 14.3 Å². The molecular weight excluding hydrogens is 346 g/mol. The third-order valence-corrected chi connectivity index (χ3v) is 5.24. The van der Waals surface area contributed by atoms with Crippen molar-refractivity contribution >= 4 is 18.0 Å². The van der Waals surface area contributed by atoms with E-state index in [0.29, 0.717) is 32.2 Å². The van der Waals surface area contributed by atoms with Crippen molar-refractivity contribution in [2.24, 2.45) is 4.99 Å². The molecule has 3 aliphatic rings. The Morgan fingerprint density at radius 2 is 1.93 bits per heavy atom. The molecule has 3 rings (SSSR count). The van der Waals surface area contributed by atoms with E-state index in [1.807, 2.05) is 20.8 Å². The van der Waals surface area contributed by atoms with Crippen LogP contribution in [0.4, 0.5) is 4.79 Å². The Morgan fingerprint density at radius 1 is 1.19 bits per heavy atom. The van der Waals surface area contributed by atoms with Gasteiger partial charge >= 0.3 is 6.09 Å². The lowest BCUT2D eigenvalue weighted by atomic mass is 9.95. The fraction of sp³-hybridized carbons (Fsp3) is 0.842. The molecule has 2 N–H and O–H groups in total. The molecule has 2 fully saturated rings. The van der Waals surface area contributed by atoms with Gasteiger partial charge in [-0.3, -0.25) is 9.79 Å². The maximum absolute atomic E-state index is 12.3. The first-order chi connectivity index (χ1) is 12.8. The van der Waals surface area contributed by atoms with Gasteiger partial charge in [0.15, 0.2) is 5.96 Å². The van der Waals surface area contributed by atoms with Gasteiger partial charge in [-0.2, -0.15) is 0 Å². The lowest BCUT2D eigenvalue weighted by molar-refractivity contribution is -0.120. The fourth-order valence-electron chi connectivity index (χ4n) is 3.91. The first kappa shape index (κ1) is 19.8. The topological polar surface area (TPSA) is 86.3 Å². The average Bonchev–Trinajstić information content (AvgIpc) is 3.01. The van der Waals surface area contributed by atoms with Crippen molar-refractivity contribution in [1.82, 2.24) is 20.4 Å². The number of carbonyl (C=O) groups is 2. The summed E-state index contributed by atoms with van der Waals surface area (Å²) in [7, 11) is 0. The SMILES string of the molecule is CC(C)(C)OC(=O)N1CCN2C(NCC(=O)NC3CCCCC3)=NCC2C1. The third kappa shape index (κ3) is 5.49. The summed E-state index contributed by atoms with van der Waals surface area (Å²) in [4.78, 5) is 32.9. The Bertz CT molecular complexity index is 580. The Kier molecular flexibility index (Phi) is 6.11. The zero-order chi connectivity index (χ0) is 19.4. The van der Waals surface area contributed by atoms with E-state index < -0.39 is 5.60 Å². The quantitative estimate of drug-likeness (QED) is 0.772. The minimum Gasteiger partial charge on any atom is -0.444 e. The van der Waals surface area contributed by atoms with Crippen molar-refractivity contribution in [2.45, 2.75) is 70.6 Å². The van der Waals surface area contributed by atoms with Gasteiger partial charge in [-0.1, -0.05) is 19.3 Å². The predicted octanol–water partition coefficient (Wildman–Crippen LogP) is 1.32. The number of amides is 2. The van der Waals surface area contributed by atoms with Crippen LogP contribution >= 0.6 is 0 Å². The first-order valence-corrected chi connectivity index (χ1v) is 10.1. The van der Waals surface area contributed by atoms with Gasteiger partial charge in [-0.25, -0.2) is 4.79 Å². The summed E-state index contributed by atoms with van der Waals surface area (Å²) in [6, 6.07) is 0.471. The highest BCUT2D eigenvalue weighted by atomic mass is 16.6. The molecule has 8 nitrogen and oxygen atoms in total. The van der Waals surface area contributed by atoms with E-state index in [2.05, 4.69) is 20.5 Å². The van der Waals surface area contributed by atoms with Crippen LogP contribution in [0.3, 0.4) is 0 Å². The van der Waals surface area contributed by atoms with Crippen LogP contribution < -0.4 is 10.6 Å². The molecule has 2 heterocycles. The lowest BCUT2D eigenvalue weighted by Gasteiger charge is -2.39. The van der Waals surface area contributed by atoms with Crippen LogP contribution in [-0.4, -0.2) is 78.2 Å². The molecule has 0 bridgehead atoms. The van der Waals surface area contributed by atoms with Crippen molar-refractivity contribution in [1.29, 1.82) is 0 Å². The highest BCUT2D eigenvalue weighted by Crippen LogP contribution is 2.19. The van der Waals surface area contributed by atoms with Gasteiger partial charge in [-0.05, 0) is 33.6 Å². The predicted molar refractivity (Wildman–Crippen MR) is 104 cm³/mol. The van der Waals surface area contributed by atoms with E-state index in [-0.39, 0.29) is 24.6 Å². The molecule has 0 aromatic heterocycles. The van der Waals surface area contributed by atoms with Gasteiger partial charge in [0.25, 0.3) is 0 Å². The molecule has 27 heavy (non-hydrogen) atoms. The number of carbonyl (C=O) groups excluding carboxylic acids is 2. The van der Waals surface area contributed by atoms with Crippen LogP contribution in [-0.2, 0) is 9.53 Å². The summed E-state index contributed by atoms with van der Waals surface area (Å²) in [6.45, 7) is 8.39. The number of nitrogens with zero attached hydrogens (tertiary/aromatic N) is 3. The van der Waals surface area contributed by atoms with Gasteiger partial charge in [0.05, 0.1) is 19.1 Å². The minimum atomic E-state index is -0.487. The largest absolute Gasteiger partial charge is 0.444 e. The zero-order valence-corrected chi connectivity index (χ0v) is 16.8.